The zero-order valence-electron chi connectivity index (χ0n) is 10.9. The molecule has 0 unspecified atom stereocenters. The minimum Gasteiger partial charge on any atom is -0.387 e. The molecular weight excluding hydrogens is 226 g/mol. The summed E-state index contributed by atoms with van der Waals surface area (Å²) in [6, 6.07) is 1.89. The fourth-order valence-electron chi connectivity index (χ4n) is 2.51. The predicted molar refractivity (Wildman–Crippen MR) is 73.6 cm³/mol. The van der Waals surface area contributed by atoms with Crippen molar-refractivity contribution in [1.82, 2.24) is 4.98 Å². The summed E-state index contributed by atoms with van der Waals surface area (Å²) in [6.45, 7) is 0. The highest BCUT2D eigenvalue weighted by atomic mass is 16.1. The molecule has 4 nitrogen and oxygen atoms in total. The van der Waals surface area contributed by atoms with Crippen molar-refractivity contribution in [3.05, 3.63) is 18.5 Å². The molecule has 1 amide bonds. The fourth-order valence-corrected chi connectivity index (χ4v) is 2.51. The maximum Gasteiger partial charge on any atom is 0.224 e. The number of nitrogens with zero attached hydrogens (tertiary/aromatic N) is 1. The third-order valence-electron chi connectivity index (χ3n) is 3.51. The smallest absolute Gasteiger partial charge is 0.224 e. The molecule has 98 valence electrons. The minimum absolute atomic E-state index is 0.108. The molecule has 1 aliphatic carbocycles. The average Bonchev–Trinajstić information content (AvgIpc) is 2.40. The second-order valence-corrected chi connectivity index (χ2v) is 4.97. The van der Waals surface area contributed by atoms with Gasteiger partial charge in [-0.1, -0.05) is 19.3 Å². The van der Waals surface area contributed by atoms with Crippen molar-refractivity contribution < 1.29 is 4.79 Å². The SMILES string of the molecule is CNc1cncc(NC(=O)CC2CCCCC2)c1. The van der Waals surface area contributed by atoms with E-state index in [1.807, 2.05) is 13.1 Å². The van der Waals surface area contributed by atoms with Crippen molar-refractivity contribution in [3.8, 4) is 0 Å². The maximum absolute atomic E-state index is 11.9. The lowest BCUT2D eigenvalue weighted by Crippen LogP contribution is -2.18. The van der Waals surface area contributed by atoms with Crippen molar-refractivity contribution in [2.75, 3.05) is 17.7 Å². The Kier molecular flexibility index (Phi) is 4.56. The quantitative estimate of drug-likeness (QED) is 0.860. The lowest BCUT2D eigenvalue weighted by molar-refractivity contribution is -0.117. The van der Waals surface area contributed by atoms with E-state index in [2.05, 4.69) is 15.6 Å². The largest absolute Gasteiger partial charge is 0.387 e. The Morgan fingerprint density at radius 3 is 2.72 bits per heavy atom. The summed E-state index contributed by atoms with van der Waals surface area (Å²) >= 11 is 0. The molecule has 1 heterocycles. The Balaban J connectivity index is 1.85. The molecule has 4 heteroatoms. The summed E-state index contributed by atoms with van der Waals surface area (Å²) in [7, 11) is 1.84. The lowest BCUT2D eigenvalue weighted by Gasteiger charge is -2.20. The third kappa shape index (κ3) is 3.72. The monoisotopic (exact) mass is 247 g/mol. The van der Waals surface area contributed by atoms with E-state index in [0.29, 0.717) is 12.3 Å². The van der Waals surface area contributed by atoms with Crippen LogP contribution in [0.3, 0.4) is 0 Å². The Bertz CT molecular complexity index is 400. The molecule has 0 saturated heterocycles. The molecular formula is C14H21N3O. The van der Waals surface area contributed by atoms with E-state index in [-0.39, 0.29) is 5.91 Å². The van der Waals surface area contributed by atoms with Gasteiger partial charge in [-0.25, -0.2) is 0 Å². The number of hydrogen-bond acceptors (Lipinski definition) is 3. The first-order valence-corrected chi connectivity index (χ1v) is 6.70. The topological polar surface area (TPSA) is 54.0 Å². The van der Waals surface area contributed by atoms with Gasteiger partial charge in [-0.2, -0.15) is 0 Å². The summed E-state index contributed by atoms with van der Waals surface area (Å²) in [5.74, 6) is 0.677. The number of carbonyl (C=O) groups excluding carboxylic acids is 1. The molecule has 0 radical (unpaired) electrons. The number of carbonyl (C=O) groups is 1. The summed E-state index contributed by atoms with van der Waals surface area (Å²) in [5.41, 5.74) is 1.67. The van der Waals surface area contributed by atoms with Crippen LogP contribution in [0.4, 0.5) is 11.4 Å². The van der Waals surface area contributed by atoms with Crippen molar-refractivity contribution in [1.29, 1.82) is 0 Å². The fraction of sp³-hybridized carbons (Fsp3) is 0.571. The van der Waals surface area contributed by atoms with Crippen molar-refractivity contribution >= 4 is 17.3 Å². The van der Waals surface area contributed by atoms with Crippen LogP contribution in [0.25, 0.3) is 0 Å². The second kappa shape index (κ2) is 6.38. The van der Waals surface area contributed by atoms with Crippen LogP contribution in [0.2, 0.25) is 0 Å². The van der Waals surface area contributed by atoms with Gasteiger partial charge in [-0.3, -0.25) is 9.78 Å². The van der Waals surface area contributed by atoms with E-state index in [9.17, 15) is 4.79 Å². The number of rotatable bonds is 4. The molecule has 1 aliphatic rings. The van der Waals surface area contributed by atoms with E-state index in [4.69, 9.17) is 0 Å². The first-order chi connectivity index (χ1) is 8.78. The number of aromatic nitrogens is 1. The van der Waals surface area contributed by atoms with Gasteiger partial charge < -0.3 is 10.6 Å². The number of nitrogens with one attached hydrogen (secondary N) is 2. The molecule has 1 fully saturated rings. The highest BCUT2D eigenvalue weighted by Crippen LogP contribution is 2.26. The van der Waals surface area contributed by atoms with Crippen molar-refractivity contribution in [2.45, 2.75) is 38.5 Å². The van der Waals surface area contributed by atoms with Crippen LogP contribution in [-0.2, 0) is 4.79 Å². The summed E-state index contributed by atoms with van der Waals surface area (Å²) in [6.07, 6.45) is 10.3. The number of hydrogen-bond donors (Lipinski definition) is 2. The van der Waals surface area contributed by atoms with Crippen LogP contribution in [0.1, 0.15) is 38.5 Å². The molecule has 1 saturated carbocycles. The van der Waals surface area contributed by atoms with Crippen LogP contribution < -0.4 is 10.6 Å². The summed E-state index contributed by atoms with van der Waals surface area (Å²) in [4.78, 5) is 16.0. The Labute approximate surface area is 108 Å². The van der Waals surface area contributed by atoms with Gasteiger partial charge >= 0.3 is 0 Å². The molecule has 0 atom stereocenters. The molecule has 18 heavy (non-hydrogen) atoms. The van der Waals surface area contributed by atoms with Gasteiger partial charge in [-0.15, -0.1) is 0 Å². The lowest BCUT2D eigenvalue weighted by atomic mass is 9.87. The van der Waals surface area contributed by atoms with E-state index < -0.39 is 0 Å². The molecule has 0 bridgehead atoms. The van der Waals surface area contributed by atoms with Crippen LogP contribution in [0, 0.1) is 5.92 Å². The van der Waals surface area contributed by atoms with Gasteiger partial charge in [0.15, 0.2) is 0 Å². The van der Waals surface area contributed by atoms with Gasteiger partial charge in [0.25, 0.3) is 0 Å². The van der Waals surface area contributed by atoms with Crippen LogP contribution in [0.15, 0.2) is 18.5 Å². The standard InChI is InChI=1S/C14H21N3O/c1-15-12-8-13(10-16-9-12)17-14(18)7-11-5-3-2-4-6-11/h8-11,15H,2-7H2,1H3,(H,17,18). The maximum atomic E-state index is 11.9. The van der Waals surface area contributed by atoms with E-state index in [1.165, 1.54) is 32.1 Å². The van der Waals surface area contributed by atoms with E-state index >= 15 is 0 Å². The first-order valence-electron chi connectivity index (χ1n) is 6.70. The van der Waals surface area contributed by atoms with E-state index in [1.54, 1.807) is 12.4 Å². The van der Waals surface area contributed by atoms with Gasteiger partial charge in [0.2, 0.25) is 5.91 Å². The first kappa shape index (κ1) is 12.9. The Morgan fingerprint density at radius 1 is 1.28 bits per heavy atom. The minimum atomic E-state index is 0.108. The normalized spacial score (nSPS) is 16.3. The number of amides is 1. The van der Waals surface area contributed by atoms with E-state index in [0.717, 1.165) is 11.4 Å². The molecule has 1 aromatic rings. The Hall–Kier alpha value is -1.58. The molecule has 2 rings (SSSR count). The molecule has 2 N–H and O–H groups in total. The zero-order valence-corrected chi connectivity index (χ0v) is 10.9. The van der Waals surface area contributed by atoms with Crippen LogP contribution in [0.5, 0.6) is 0 Å². The number of anilines is 2. The van der Waals surface area contributed by atoms with Gasteiger partial charge in [-0.05, 0) is 24.8 Å². The highest BCUT2D eigenvalue weighted by Gasteiger charge is 2.17. The number of pyridine rings is 1. The van der Waals surface area contributed by atoms with Gasteiger partial charge in [0, 0.05) is 13.5 Å². The van der Waals surface area contributed by atoms with Gasteiger partial charge in [0.05, 0.1) is 23.8 Å². The Morgan fingerprint density at radius 2 is 2.00 bits per heavy atom. The van der Waals surface area contributed by atoms with Crippen molar-refractivity contribution in [2.24, 2.45) is 5.92 Å². The molecule has 0 spiro atoms. The van der Waals surface area contributed by atoms with Gasteiger partial charge in [0.1, 0.15) is 0 Å². The zero-order chi connectivity index (χ0) is 12.8. The van der Waals surface area contributed by atoms with Crippen molar-refractivity contribution in [3.63, 3.8) is 0 Å². The average molecular weight is 247 g/mol. The molecule has 1 aromatic heterocycles. The second-order valence-electron chi connectivity index (χ2n) is 4.97. The van der Waals surface area contributed by atoms with Crippen LogP contribution in [-0.4, -0.2) is 17.9 Å². The van der Waals surface area contributed by atoms with Crippen LogP contribution >= 0.6 is 0 Å². The summed E-state index contributed by atoms with van der Waals surface area (Å²) in [5, 5.41) is 5.93. The highest BCUT2D eigenvalue weighted by molar-refractivity contribution is 5.91. The predicted octanol–water partition coefficient (Wildman–Crippen LogP) is 3.03. The molecule has 0 aliphatic heterocycles. The molecule has 0 aromatic carbocycles. The summed E-state index contributed by atoms with van der Waals surface area (Å²) < 4.78 is 0. The third-order valence-corrected chi connectivity index (χ3v) is 3.51.